The number of aliphatic carboxylic acids is 3. The Morgan fingerprint density at radius 3 is 1.86 bits per heavy atom. The molecule has 1 heterocycles. The summed E-state index contributed by atoms with van der Waals surface area (Å²) in [7, 11) is 0. The molecule has 0 saturated carbocycles. The van der Waals surface area contributed by atoms with Crippen LogP contribution in [0.15, 0.2) is 0 Å². The molecule has 21 heavy (non-hydrogen) atoms. The van der Waals surface area contributed by atoms with E-state index in [4.69, 9.17) is 29.9 Å². The monoisotopic (exact) mass is 308 g/mol. The molecule has 1 aliphatic rings. The molecule has 0 aliphatic carbocycles. The van der Waals surface area contributed by atoms with Crippen LogP contribution in [-0.4, -0.2) is 74.1 Å². The summed E-state index contributed by atoms with van der Waals surface area (Å²) in [5.74, 6) is -6.10. The topological polar surface area (TPSA) is 174 Å². The van der Waals surface area contributed by atoms with Crippen LogP contribution in [0.5, 0.6) is 0 Å². The van der Waals surface area contributed by atoms with Crippen molar-refractivity contribution in [3.8, 4) is 0 Å². The average Bonchev–Trinajstić information content (AvgIpc) is 2.89. The van der Waals surface area contributed by atoms with E-state index in [-0.39, 0.29) is 0 Å². The maximum Gasteiger partial charge on any atom is 0.308 e. The van der Waals surface area contributed by atoms with Gasteiger partial charge in [-0.1, -0.05) is 0 Å². The zero-order valence-corrected chi connectivity index (χ0v) is 10.9. The van der Waals surface area contributed by atoms with Gasteiger partial charge < -0.3 is 35.0 Å². The van der Waals surface area contributed by atoms with Crippen LogP contribution < -0.4 is 0 Å². The van der Waals surface area contributed by atoms with E-state index in [0.717, 1.165) is 0 Å². The Hall–Kier alpha value is -1.75. The molecule has 2 unspecified atom stereocenters. The highest BCUT2D eigenvalue weighted by atomic mass is 16.8. The van der Waals surface area contributed by atoms with E-state index >= 15 is 0 Å². The van der Waals surface area contributed by atoms with E-state index in [1.807, 2.05) is 0 Å². The van der Waals surface area contributed by atoms with Gasteiger partial charge >= 0.3 is 17.9 Å². The summed E-state index contributed by atoms with van der Waals surface area (Å²) in [5, 5.41) is 44.4. The number of hydrogen-bond donors (Lipinski definition) is 5. The lowest BCUT2D eigenvalue weighted by Gasteiger charge is -2.18. The molecule has 0 aromatic rings. The second kappa shape index (κ2) is 6.35. The molecule has 0 radical (unpaired) electrons. The summed E-state index contributed by atoms with van der Waals surface area (Å²) in [6.07, 6.45) is -3.64. The third-order valence-corrected chi connectivity index (χ3v) is 2.99. The summed E-state index contributed by atoms with van der Waals surface area (Å²) in [6.45, 7) is -1.18. The molecule has 2 atom stereocenters. The van der Waals surface area contributed by atoms with Crippen LogP contribution in [0.1, 0.15) is 19.3 Å². The zero-order valence-electron chi connectivity index (χ0n) is 10.9. The molecule has 120 valence electrons. The van der Waals surface area contributed by atoms with Crippen molar-refractivity contribution in [2.24, 2.45) is 0 Å². The van der Waals surface area contributed by atoms with Gasteiger partial charge in [0.25, 0.3) is 0 Å². The van der Waals surface area contributed by atoms with Crippen LogP contribution in [0, 0.1) is 0 Å². The fourth-order valence-electron chi connectivity index (χ4n) is 2.07. The molecule has 5 N–H and O–H groups in total. The minimum absolute atomic E-state index is 0.523. The Kier molecular flexibility index (Phi) is 5.23. The van der Waals surface area contributed by atoms with E-state index in [9.17, 15) is 19.5 Å². The highest BCUT2D eigenvalue weighted by molar-refractivity contribution is 5.76. The predicted molar refractivity (Wildman–Crippen MR) is 62.4 cm³/mol. The number of carboxylic acid groups (broad SMARTS) is 3. The Labute approximate surface area is 118 Å². The molecule has 0 aromatic heterocycles. The highest BCUT2D eigenvalue weighted by Gasteiger charge is 2.74. The first kappa shape index (κ1) is 17.3. The molecular formula is C11H16O10. The second-order valence-electron chi connectivity index (χ2n) is 4.71. The predicted octanol–water partition coefficient (Wildman–Crippen LogP) is -1.75. The average molecular weight is 308 g/mol. The van der Waals surface area contributed by atoms with Crippen molar-refractivity contribution in [1.82, 2.24) is 0 Å². The van der Waals surface area contributed by atoms with Crippen LogP contribution in [0.2, 0.25) is 0 Å². The van der Waals surface area contributed by atoms with Crippen LogP contribution in [0.25, 0.3) is 0 Å². The van der Waals surface area contributed by atoms with Crippen LogP contribution >= 0.6 is 0 Å². The van der Waals surface area contributed by atoms with Crippen molar-refractivity contribution < 1.29 is 49.4 Å². The molecule has 0 spiro atoms. The summed E-state index contributed by atoms with van der Waals surface area (Å²) in [5.41, 5.74) is -1.82. The summed E-state index contributed by atoms with van der Waals surface area (Å²) < 4.78 is 10.1. The maximum atomic E-state index is 10.9. The largest absolute Gasteiger partial charge is 0.481 e. The van der Waals surface area contributed by atoms with Crippen LogP contribution in [0.4, 0.5) is 0 Å². The van der Waals surface area contributed by atoms with Gasteiger partial charge in [-0.05, 0) is 0 Å². The lowest BCUT2D eigenvalue weighted by atomic mass is 9.92. The number of carboxylic acids is 3. The number of epoxide rings is 1. The lowest BCUT2D eigenvalue weighted by Crippen LogP contribution is -2.37. The van der Waals surface area contributed by atoms with Crippen LogP contribution in [-0.2, 0) is 23.9 Å². The first-order valence-corrected chi connectivity index (χ1v) is 5.95. The maximum absolute atomic E-state index is 10.9. The van der Waals surface area contributed by atoms with Gasteiger partial charge in [-0.3, -0.25) is 14.4 Å². The minimum atomic E-state index is -1.95. The number of ether oxygens (including phenoxy) is 2. The fraction of sp³-hybridized carbons (Fsp3) is 0.727. The van der Waals surface area contributed by atoms with E-state index in [1.54, 1.807) is 0 Å². The van der Waals surface area contributed by atoms with Crippen molar-refractivity contribution in [2.75, 3.05) is 13.2 Å². The first-order chi connectivity index (χ1) is 9.66. The molecule has 10 nitrogen and oxygen atoms in total. The van der Waals surface area contributed by atoms with Crippen molar-refractivity contribution >= 4 is 17.9 Å². The lowest BCUT2D eigenvalue weighted by molar-refractivity contribution is -0.150. The molecule has 1 rings (SSSR count). The minimum Gasteiger partial charge on any atom is -0.481 e. The van der Waals surface area contributed by atoms with Crippen molar-refractivity contribution in [3.05, 3.63) is 0 Å². The van der Waals surface area contributed by atoms with Crippen molar-refractivity contribution in [3.63, 3.8) is 0 Å². The molecule has 10 heteroatoms. The normalized spacial score (nSPS) is 24.3. The van der Waals surface area contributed by atoms with Crippen LogP contribution in [0.3, 0.4) is 0 Å². The third-order valence-electron chi connectivity index (χ3n) is 2.99. The second-order valence-corrected chi connectivity index (χ2v) is 4.71. The van der Waals surface area contributed by atoms with E-state index in [2.05, 4.69) is 0 Å². The van der Waals surface area contributed by atoms with Gasteiger partial charge in [-0.2, -0.15) is 0 Å². The number of aliphatic hydroxyl groups excluding tert-OH is 2. The molecule has 1 saturated heterocycles. The Morgan fingerprint density at radius 2 is 1.48 bits per heavy atom. The molecule has 1 aliphatic heterocycles. The smallest absolute Gasteiger partial charge is 0.308 e. The van der Waals surface area contributed by atoms with E-state index in [1.165, 1.54) is 0 Å². The van der Waals surface area contributed by atoms with Gasteiger partial charge in [0.05, 0.1) is 26.1 Å². The molecule has 0 bridgehead atoms. The quantitative estimate of drug-likeness (QED) is 0.291. The molecule has 1 fully saturated rings. The van der Waals surface area contributed by atoms with Crippen molar-refractivity contribution in [2.45, 2.75) is 36.8 Å². The van der Waals surface area contributed by atoms with Crippen molar-refractivity contribution in [1.29, 1.82) is 0 Å². The van der Waals surface area contributed by atoms with Gasteiger partial charge in [0.1, 0.15) is 18.1 Å². The standard InChI is InChI=1S/C11H16O10/c12-4-6(13)5-20-11(3-9(18)19)10(21-11,1-7(14)15)2-8(16)17/h6,12-13H,1-5H2,(H,14,15)(H,16,17)(H,18,19). The Morgan fingerprint density at radius 1 is 1.00 bits per heavy atom. The number of rotatable bonds is 10. The first-order valence-electron chi connectivity index (χ1n) is 5.95. The summed E-state index contributed by atoms with van der Waals surface area (Å²) in [6, 6.07) is 0. The number of carbonyl (C=O) groups is 3. The van der Waals surface area contributed by atoms with Gasteiger partial charge in [0.15, 0.2) is 0 Å². The van der Waals surface area contributed by atoms with E-state index in [0.29, 0.717) is 0 Å². The molecular weight excluding hydrogens is 292 g/mol. The fourth-order valence-corrected chi connectivity index (χ4v) is 2.07. The van der Waals surface area contributed by atoms with Gasteiger partial charge in [0.2, 0.25) is 5.79 Å². The number of aliphatic hydroxyl groups is 2. The molecule has 0 amide bonds. The Balaban J connectivity index is 2.93. The van der Waals surface area contributed by atoms with Gasteiger partial charge in [0, 0.05) is 0 Å². The third kappa shape index (κ3) is 4.11. The number of hydrogen-bond acceptors (Lipinski definition) is 7. The Bertz CT molecular complexity index is 417. The summed E-state index contributed by atoms with van der Waals surface area (Å²) in [4.78, 5) is 32.5. The van der Waals surface area contributed by atoms with Gasteiger partial charge in [-0.25, -0.2) is 0 Å². The van der Waals surface area contributed by atoms with E-state index < -0.39 is 67.9 Å². The summed E-state index contributed by atoms with van der Waals surface area (Å²) >= 11 is 0. The highest BCUT2D eigenvalue weighted by Crippen LogP contribution is 2.56. The SMILES string of the molecule is O=C(O)CC1(CC(=O)O)OC1(CC(=O)O)OCC(O)CO. The van der Waals surface area contributed by atoms with Gasteiger partial charge in [-0.15, -0.1) is 0 Å². The zero-order chi connectivity index (χ0) is 16.3. The molecule has 0 aromatic carbocycles.